The van der Waals surface area contributed by atoms with Crippen molar-refractivity contribution in [3.8, 4) is 0 Å². The molecule has 0 bridgehead atoms. The lowest BCUT2D eigenvalue weighted by Gasteiger charge is -2.29. The first kappa shape index (κ1) is 19.6. The largest absolute Gasteiger partial charge is 0.298 e. The van der Waals surface area contributed by atoms with Gasteiger partial charge in [-0.3, -0.25) is 19.8 Å². The lowest BCUT2D eigenvalue weighted by atomic mass is 10.1. The molecule has 5 nitrogen and oxygen atoms in total. The van der Waals surface area contributed by atoms with Crippen molar-refractivity contribution >= 4 is 75.2 Å². The van der Waals surface area contributed by atoms with Crippen LogP contribution in [0.2, 0.25) is 5.02 Å². The van der Waals surface area contributed by atoms with Gasteiger partial charge in [-0.25, -0.2) is 4.98 Å². The minimum atomic E-state index is -0.537. The SMILES string of the molecule is CSc1nc2ccccc2cc1/C=C1/C(=O)NC(=S)N(c2ccc(Cl)cc2)C1=O. The molecule has 0 unspecified atom stereocenters. The van der Waals surface area contributed by atoms with Crippen LogP contribution in [0.15, 0.2) is 65.2 Å². The fraction of sp³-hybridized carbons (Fsp3) is 0.0476. The van der Waals surface area contributed by atoms with E-state index in [9.17, 15) is 9.59 Å². The Morgan fingerprint density at radius 3 is 2.59 bits per heavy atom. The van der Waals surface area contributed by atoms with Gasteiger partial charge in [-0.05, 0) is 60.9 Å². The van der Waals surface area contributed by atoms with E-state index in [4.69, 9.17) is 23.8 Å². The fourth-order valence-corrected chi connectivity index (χ4v) is 3.97. The highest BCUT2D eigenvalue weighted by atomic mass is 35.5. The molecule has 1 N–H and O–H groups in total. The Balaban J connectivity index is 1.80. The number of thioether (sulfide) groups is 1. The van der Waals surface area contributed by atoms with E-state index in [0.29, 0.717) is 16.3 Å². The van der Waals surface area contributed by atoms with Gasteiger partial charge in [-0.15, -0.1) is 11.8 Å². The number of amides is 2. The van der Waals surface area contributed by atoms with E-state index in [-0.39, 0.29) is 10.7 Å². The molecule has 3 aromatic rings. The Morgan fingerprint density at radius 1 is 1.14 bits per heavy atom. The first-order valence-electron chi connectivity index (χ1n) is 8.59. The number of anilines is 1. The van der Waals surface area contributed by atoms with Crippen molar-refractivity contribution in [2.45, 2.75) is 5.03 Å². The summed E-state index contributed by atoms with van der Waals surface area (Å²) >= 11 is 12.6. The number of carbonyl (C=O) groups is 2. The normalized spacial score (nSPS) is 15.9. The molecule has 1 fully saturated rings. The molecule has 0 aliphatic carbocycles. The molecule has 8 heteroatoms. The summed E-state index contributed by atoms with van der Waals surface area (Å²) in [6.45, 7) is 0. The average Bonchev–Trinajstić information content (AvgIpc) is 2.71. The van der Waals surface area contributed by atoms with Crippen molar-refractivity contribution < 1.29 is 9.59 Å². The van der Waals surface area contributed by atoms with Crippen LogP contribution in [-0.2, 0) is 9.59 Å². The van der Waals surface area contributed by atoms with E-state index < -0.39 is 11.8 Å². The number of nitrogens with zero attached hydrogens (tertiary/aromatic N) is 2. The fourth-order valence-electron chi connectivity index (χ4n) is 3.02. The Hall–Kier alpha value is -2.74. The summed E-state index contributed by atoms with van der Waals surface area (Å²) in [5.41, 5.74) is 2.05. The number of thiocarbonyl (C=S) groups is 1. The minimum absolute atomic E-state index is 0.0130. The summed E-state index contributed by atoms with van der Waals surface area (Å²) < 4.78 is 0. The van der Waals surface area contributed by atoms with Crippen LogP contribution in [0.4, 0.5) is 5.69 Å². The summed E-state index contributed by atoms with van der Waals surface area (Å²) in [5.74, 6) is -1.04. The van der Waals surface area contributed by atoms with Crippen LogP contribution in [0.5, 0.6) is 0 Å². The van der Waals surface area contributed by atoms with Crippen LogP contribution >= 0.6 is 35.6 Å². The molecule has 2 aromatic carbocycles. The molecule has 0 radical (unpaired) electrons. The molecule has 1 saturated heterocycles. The van der Waals surface area contributed by atoms with Gasteiger partial charge in [-0.2, -0.15) is 0 Å². The molecule has 1 aliphatic rings. The lowest BCUT2D eigenvalue weighted by Crippen LogP contribution is -2.54. The maximum absolute atomic E-state index is 13.1. The molecule has 2 amide bonds. The number of pyridine rings is 1. The van der Waals surface area contributed by atoms with Crippen LogP contribution in [-0.4, -0.2) is 28.2 Å². The van der Waals surface area contributed by atoms with Gasteiger partial charge in [-0.1, -0.05) is 29.8 Å². The average molecular weight is 440 g/mol. The summed E-state index contributed by atoms with van der Waals surface area (Å²) in [5, 5.41) is 4.80. The zero-order chi connectivity index (χ0) is 20.5. The Labute approximate surface area is 181 Å². The van der Waals surface area contributed by atoms with Crippen molar-refractivity contribution in [2.24, 2.45) is 0 Å². The van der Waals surface area contributed by atoms with Crippen LogP contribution in [0, 0.1) is 0 Å². The van der Waals surface area contributed by atoms with E-state index in [1.807, 2.05) is 36.6 Å². The third-order valence-corrected chi connectivity index (χ3v) is 5.65. The minimum Gasteiger partial charge on any atom is -0.298 e. The second-order valence-corrected chi connectivity index (χ2v) is 7.83. The quantitative estimate of drug-likeness (QED) is 0.283. The molecule has 144 valence electrons. The van der Waals surface area contributed by atoms with E-state index in [1.54, 1.807) is 30.3 Å². The maximum Gasteiger partial charge on any atom is 0.270 e. The van der Waals surface area contributed by atoms with Crippen LogP contribution in [0.3, 0.4) is 0 Å². The Kier molecular flexibility index (Phi) is 5.36. The summed E-state index contributed by atoms with van der Waals surface area (Å²) in [4.78, 5) is 31.6. The van der Waals surface area contributed by atoms with Crippen molar-refractivity contribution in [2.75, 3.05) is 11.2 Å². The van der Waals surface area contributed by atoms with Crippen molar-refractivity contribution in [3.05, 3.63) is 70.8 Å². The smallest absolute Gasteiger partial charge is 0.270 e. The van der Waals surface area contributed by atoms with Crippen molar-refractivity contribution in [1.29, 1.82) is 0 Å². The molecule has 0 atom stereocenters. The molecule has 4 rings (SSSR count). The Bertz CT molecular complexity index is 1190. The van der Waals surface area contributed by atoms with E-state index in [0.717, 1.165) is 15.9 Å². The van der Waals surface area contributed by atoms with Gasteiger partial charge < -0.3 is 0 Å². The highest BCUT2D eigenvalue weighted by Crippen LogP contribution is 2.28. The first-order valence-corrected chi connectivity index (χ1v) is 10.6. The van der Waals surface area contributed by atoms with E-state index in [1.165, 1.54) is 16.7 Å². The van der Waals surface area contributed by atoms with Gasteiger partial charge in [0.15, 0.2) is 5.11 Å². The van der Waals surface area contributed by atoms with E-state index in [2.05, 4.69) is 10.3 Å². The zero-order valence-corrected chi connectivity index (χ0v) is 17.6. The Morgan fingerprint density at radius 2 is 1.86 bits per heavy atom. The lowest BCUT2D eigenvalue weighted by molar-refractivity contribution is -0.122. The number of fused-ring (bicyclic) bond motifs is 1. The number of halogens is 1. The molecule has 0 saturated carbocycles. The molecular weight excluding hydrogens is 426 g/mol. The monoisotopic (exact) mass is 439 g/mol. The molecule has 2 heterocycles. The molecule has 29 heavy (non-hydrogen) atoms. The van der Waals surface area contributed by atoms with E-state index >= 15 is 0 Å². The number of para-hydroxylation sites is 1. The number of nitrogens with one attached hydrogen (secondary N) is 1. The number of rotatable bonds is 3. The van der Waals surface area contributed by atoms with Gasteiger partial charge in [0.1, 0.15) is 10.6 Å². The number of hydrogen-bond acceptors (Lipinski definition) is 5. The van der Waals surface area contributed by atoms with Gasteiger partial charge in [0.25, 0.3) is 11.8 Å². The predicted molar refractivity (Wildman–Crippen MR) is 121 cm³/mol. The highest BCUT2D eigenvalue weighted by molar-refractivity contribution is 7.98. The molecular formula is C21H14ClN3O2S2. The standard InChI is InChI=1S/C21H14ClN3O2S2/c1-29-19-13(10-12-4-2-3-5-17(12)23-19)11-16-18(26)24-21(28)25(20(16)27)15-8-6-14(22)7-9-15/h2-11H,1H3,(H,24,26,28)/b16-11-. The number of hydrogen-bond donors (Lipinski definition) is 1. The molecule has 1 aliphatic heterocycles. The first-order chi connectivity index (χ1) is 14.0. The van der Waals surface area contributed by atoms with Gasteiger partial charge in [0.05, 0.1) is 11.2 Å². The maximum atomic E-state index is 13.1. The number of carbonyl (C=O) groups excluding carboxylic acids is 2. The molecule has 0 spiro atoms. The van der Waals surface area contributed by atoms with Crippen molar-refractivity contribution in [1.82, 2.24) is 10.3 Å². The van der Waals surface area contributed by atoms with Crippen LogP contribution < -0.4 is 10.2 Å². The second kappa shape index (κ2) is 7.94. The zero-order valence-electron chi connectivity index (χ0n) is 15.2. The third-order valence-electron chi connectivity index (χ3n) is 4.40. The summed E-state index contributed by atoms with van der Waals surface area (Å²) in [6.07, 6.45) is 3.46. The van der Waals surface area contributed by atoms with Crippen LogP contribution in [0.25, 0.3) is 17.0 Å². The van der Waals surface area contributed by atoms with Gasteiger partial charge in [0, 0.05) is 16.0 Å². The third kappa shape index (κ3) is 3.76. The van der Waals surface area contributed by atoms with Crippen LogP contribution in [0.1, 0.15) is 5.56 Å². The number of aromatic nitrogens is 1. The molecule has 1 aromatic heterocycles. The topological polar surface area (TPSA) is 62.3 Å². The van der Waals surface area contributed by atoms with Crippen molar-refractivity contribution in [3.63, 3.8) is 0 Å². The predicted octanol–water partition coefficient (Wildman–Crippen LogP) is 4.44. The second-order valence-electron chi connectivity index (χ2n) is 6.21. The van der Waals surface area contributed by atoms with Gasteiger partial charge >= 0.3 is 0 Å². The summed E-state index contributed by atoms with van der Waals surface area (Å²) in [7, 11) is 0. The summed E-state index contributed by atoms with van der Waals surface area (Å²) in [6, 6.07) is 16.3. The van der Waals surface area contributed by atoms with Gasteiger partial charge in [0.2, 0.25) is 0 Å². The highest BCUT2D eigenvalue weighted by Gasteiger charge is 2.34. The number of benzene rings is 2.